The topological polar surface area (TPSA) is 49.3 Å². The molecule has 0 saturated carbocycles. The zero-order valence-electron chi connectivity index (χ0n) is 12.1. The van der Waals surface area contributed by atoms with E-state index in [9.17, 15) is 4.79 Å². The largest absolute Gasteiger partial charge is 0.394 e. The van der Waals surface area contributed by atoms with Gasteiger partial charge in [-0.3, -0.25) is 4.79 Å². The van der Waals surface area contributed by atoms with Gasteiger partial charge in [0, 0.05) is 13.6 Å². The molecule has 0 aliphatic carbocycles. The smallest absolute Gasteiger partial charge is 0.225 e. The Bertz CT molecular complexity index is 296. The van der Waals surface area contributed by atoms with Crippen molar-refractivity contribution >= 4 is 5.91 Å². The summed E-state index contributed by atoms with van der Waals surface area (Å²) in [5.74, 6) is -1.03. The van der Waals surface area contributed by atoms with E-state index >= 15 is 0 Å². The minimum Gasteiger partial charge on any atom is -0.394 e. The van der Waals surface area contributed by atoms with Crippen molar-refractivity contribution in [1.82, 2.24) is 5.32 Å². The van der Waals surface area contributed by atoms with E-state index in [-0.39, 0.29) is 19.4 Å². The molecule has 1 aliphatic rings. The van der Waals surface area contributed by atoms with Crippen LogP contribution < -0.4 is 5.32 Å². The fourth-order valence-corrected chi connectivity index (χ4v) is 1.02. The molecule has 64 valence electrons. The molecule has 0 aromatic heterocycles. The maximum atomic E-state index is 11.8. The normalized spacial score (nSPS) is 40.1. The summed E-state index contributed by atoms with van der Waals surface area (Å²) in [6.45, 7) is -6.13. The molecule has 1 fully saturated rings. The van der Waals surface area contributed by atoms with Gasteiger partial charge in [0.05, 0.1) is 12.6 Å². The van der Waals surface area contributed by atoms with Gasteiger partial charge in [-0.1, -0.05) is 13.7 Å². The number of piperidine rings is 1. The number of rotatable bonds is 1. The van der Waals surface area contributed by atoms with Crippen molar-refractivity contribution in [3.63, 3.8) is 0 Å². The van der Waals surface area contributed by atoms with Crippen molar-refractivity contribution < 1.29 is 18.1 Å². The molecule has 0 aromatic rings. The lowest BCUT2D eigenvalue weighted by molar-refractivity contribution is -0.133. The van der Waals surface area contributed by atoms with Gasteiger partial charge in [0.15, 0.2) is 0 Å². The predicted octanol–water partition coefficient (Wildman–Crippen LogP) is 0.283. The van der Waals surface area contributed by atoms with Crippen LogP contribution in [0, 0.1) is 5.41 Å². The third kappa shape index (κ3) is 1.71. The van der Waals surface area contributed by atoms with Crippen LogP contribution in [0.4, 0.5) is 0 Å². The minimum atomic E-state index is -2.90. The highest BCUT2D eigenvalue weighted by Crippen LogP contribution is 2.27. The molecule has 1 amide bonds. The average Bonchev–Trinajstić information content (AvgIpc) is 2.13. The van der Waals surface area contributed by atoms with E-state index in [2.05, 4.69) is 5.32 Å². The lowest BCUT2D eigenvalue weighted by Gasteiger charge is -2.33. The molecule has 11 heavy (non-hydrogen) atoms. The molecule has 1 atom stereocenters. The van der Waals surface area contributed by atoms with Crippen LogP contribution in [0.25, 0.3) is 0 Å². The maximum absolute atomic E-state index is 11.8. The molecule has 0 bridgehead atoms. The lowest BCUT2D eigenvalue weighted by atomic mass is 9.82. The second-order valence-corrected chi connectivity index (χ2v) is 2.80. The Morgan fingerprint density at radius 1 is 1.91 bits per heavy atom. The van der Waals surface area contributed by atoms with Crippen LogP contribution >= 0.6 is 0 Å². The van der Waals surface area contributed by atoms with Crippen LogP contribution in [0.2, 0.25) is 0 Å². The third-order valence-corrected chi connectivity index (χ3v) is 1.81. The van der Waals surface area contributed by atoms with E-state index in [0.29, 0.717) is 0 Å². The molecule has 1 aliphatic heterocycles. The number of hydrogen-bond donors (Lipinski definition) is 2. The Kier molecular flexibility index (Phi) is 0.879. The van der Waals surface area contributed by atoms with Crippen LogP contribution in [0.3, 0.4) is 0 Å². The van der Waals surface area contributed by atoms with Crippen LogP contribution in [0.1, 0.15) is 34.8 Å². The number of carbonyl (C=O) groups is 1. The van der Waals surface area contributed by atoms with E-state index in [1.54, 1.807) is 0 Å². The summed E-state index contributed by atoms with van der Waals surface area (Å²) >= 11 is 0. The molecular formula is C8H15NO2. The molecule has 0 aromatic carbocycles. The molecule has 1 unspecified atom stereocenters. The van der Waals surface area contributed by atoms with Crippen LogP contribution in [0.15, 0.2) is 0 Å². The van der Waals surface area contributed by atoms with Crippen molar-refractivity contribution in [2.24, 2.45) is 5.41 Å². The van der Waals surface area contributed by atoms with Crippen molar-refractivity contribution in [3.8, 4) is 0 Å². The number of hydrogen-bond acceptors (Lipinski definition) is 2. The van der Waals surface area contributed by atoms with E-state index in [1.165, 1.54) is 0 Å². The molecule has 3 nitrogen and oxygen atoms in total. The first-order chi connectivity index (χ1) is 7.56. The highest BCUT2D eigenvalue weighted by atomic mass is 16.3. The maximum Gasteiger partial charge on any atom is 0.225 e. The summed E-state index contributed by atoms with van der Waals surface area (Å²) in [7, 11) is 0. The molecule has 0 spiro atoms. The van der Waals surface area contributed by atoms with Gasteiger partial charge < -0.3 is 10.4 Å². The number of aliphatic hydroxyl groups is 1. The van der Waals surface area contributed by atoms with Crippen LogP contribution in [-0.4, -0.2) is 23.7 Å². The van der Waals surface area contributed by atoms with Gasteiger partial charge in [-0.05, 0) is 12.8 Å². The fraction of sp³-hybridized carbons (Fsp3) is 0.875. The fourth-order valence-electron chi connectivity index (χ4n) is 1.02. The number of amides is 1. The first-order valence-electron chi connectivity index (χ1n) is 6.48. The van der Waals surface area contributed by atoms with E-state index < -0.39 is 31.1 Å². The molecular weight excluding hydrogens is 142 g/mol. The average molecular weight is 163 g/mol. The number of aliphatic hydroxyl groups excluding tert-OH is 1. The lowest BCUT2D eigenvalue weighted by Crippen LogP contribution is -2.49. The Hall–Kier alpha value is -0.570. The summed E-state index contributed by atoms with van der Waals surface area (Å²) in [4.78, 5) is 11.8. The molecule has 1 saturated heterocycles. The summed E-state index contributed by atoms with van der Waals surface area (Å²) in [5.41, 5.74) is -2.37. The number of nitrogens with one attached hydrogen (secondary N) is 1. The monoisotopic (exact) mass is 163 g/mol. The highest BCUT2D eigenvalue weighted by molar-refractivity contribution is 5.82. The molecule has 1 heterocycles. The molecule has 3 heteroatoms. The summed E-state index contributed by atoms with van der Waals surface area (Å²) in [6.07, 6.45) is -0.143. The first-order valence-corrected chi connectivity index (χ1v) is 3.48. The zero-order chi connectivity index (χ0) is 13.5. The molecule has 2 N–H and O–H groups in total. The standard InChI is InChI=1S/C8H15NO2/c1-8(2)4-3-6(5-10)9-7(8)11/h6,10H,3-5H2,1-2H3,(H,9,11)/i1D3,2D3. The Morgan fingerprint density at radius 3 is 3.09 bits per heavy atom. The Morgan fingerprint density at radius 2 is 2.64 bits per heavy atom. The SMILES string of the molecule is [2H]C([2H])([2H])C1(C([2H])([2H])[2H])CCC(CO)NC1=O. The van der Waals surface area contributed by atoms with Gasteiger partial charge in [-0.15, -0.1) is 0 Å². The van der Waals surface area contributed by atoms with E-state index in [0.717, 1.165) is 0 Å². The van der Waals surface area contributed by atoms with Crippen molar-refractivity contribution in [3.05, 3.63) is 0 Å². The summed E-state index contributed by atoms with van der Waals surface area (Å²) in [6, 6.07) is -0.569. The third-order valence-electron chi connectivity index (χ3n) is 1.81. The molecule has 1 rings (SSSR count). The second-order valence-electron chi connectivity index (χ2n) is 2.80. The second kappa shape index (κ2) is 2.81. The van der Waals surface area contributed by atoms with Crippen molar-refractivity contribution in [1.29, 1.82) is 0 Å². The number of carbonyl (C=O) groups excluding carboxylic acids is 1. The first kappa shape index (κ1) is 3.44. The van der Waals surface area contributed by atoms with Gasteiger partial charge in [-0.2, -0.15) is 0 Å². The van der Waals surface area contributed by atoms with Crippen molar-refractivity contribution in [2.75, 3.05) is 6.61 Å². The summed E-state index contributed by atoms with van der Waals surface area (Å²) < 4.78 is 44.0. The van der Waals surface area contributed by atoms with Gasteiger partial charge >= 0.3 is 0 Å². The molecule has 0 radical (unpaired) electrons. The van der Waals surface area contributed by atoms with Crippen LogP contribution in [-0.2, 0) is 4.79 Å². The zero-order valence-corrected chi connectivity index (χ0v) is 6.05. The minimum absolute atomic E-state index is 0.138. The van der Waals surface area contributed by atoms with Gasteiger partial charge in [0.25, 0.3) is 0 Å². The predicted molar refractivity (Wildman–Crippen MR) is 42.0 cm³/mol. The van der Waals surface area contributed by atoms with Crippen LogP contribution in [0.5, 0.6) is 0 Å². The highest BCUT2D eigenvalue weighted by Gasteiger charge is 2.33. The van der Waals surface area contributed by atoms with E-state index in [4.69, 9.17) is 13.3 Å². The Labute approximate surface area is 75.2 Å². The van der Waals surface area contributed by atoms with Gasteiger partial charge in [0.2, 0.25) is 5.91 Å². The van der Waals surface area contributed by atoms with E-state index in [1.807, 2.05) is 0 Å². The summed E-state index contributed by atoms with van der Waals surface area (Å²) in [5, 5.41) is 11.1. The quantitative estimate of drug-likeness (QED) is 0.583. The van der Waals surface area contributed by atoms with Crippen molar-refractivity contribution in [2.45, 2.75) is 32.6 Å². The van der Waals surface area contributed by atoms with Gasteiger partial charge in [0.1, 0.15) is 0 Å². The van der Waals surface area contributed by atoms with Gasteiger partial charge in [-0.25, -0.2) is 0 Å². The Balaban J connectivity index is 3.15.